The SMILES string of the molecule is CC(C)(C)C1CCCCCCCN(I)C1=O. The minimum Gasteiger partial charge on any atom is -0.285 e. The number of carbonyl (C=O) groups is 1. The Balaban J connectivity index is 2.72. The van der Waals surface area contributed by atoms with Crippen molar-refractivity contribution in [2.45, 2.75) is 59.3 Å². The van der Waals surface area contributed by atoms with Crippen molar-refractivity contribution in [2.24, 2.45) is 11.3 Å². The Morgan fingerprint density at radius 1 is 1.12 bits per heavy atom. The first-order valence-electron chi connectivity index (χ1n) is 6.40. The lowest BCUT2D eigenvalue weighted by Crippen LogP contribution is -2.37. The lowest BCUT2D eigenvalue weighted by atomic mass is 9.77. The van der Waals surface area contributed by atoms with Gasteiger partial charge in [0.25, 0.3) is 0 Å². The molecule has 0 aliphatic carbocycles. The van der Waals surface area contributed by atoms with E-state index in [9.17, 15) is 4.79 Å². The van der Waals surface area contributed by atoms with Crippen molar-refractivity contribution in [1.82, 2.24) is 3.11 Å². The van der Waals surface area contributed by atoms with E-state index in [1.165, 1.54) is 25.7 Å². The molecule has 1 fully saturated rings. The second-order valence-corrected chi connectivity index (χ2v) is 7.06. The molecule has 1 aliphatic rings. The van der Waals surface area contributed by atoms with Gasteiger partial charge in [-0.1, -0.05) is 46.5 Å². The Morgan fingerprint density at radius 3 is 2.31 bits per heavy atom. The zero-order valence-electron chi connectivity index (χ0n) is 10.8. The van der Waals surface area contributed by atoms with E-state index in [-0.39, 0.29) is 11.3 Å². The highest BCUT2D eigenvalue weighted by atomic mass is 127. The third-order valence-electron chi connectivity index (χ3n) is 3.43. The Labute approximate surface area is 114 Å². The second-order valence-electron chi connectivity index (χ2n) is 5.90. The molecule has 0 radical (unpaired) electrons. The minimum absolute atomic E-state index is 0.0969. The molecule has 0 aromatic carbocycles. The summed E-state index contributed by atoms with van der Waals surface area (Å²) in [5.41, 5.74) is 0.0969. The fraction of sp³-hybridized carbons (Fsp3) is 0.923. The summed E-state index contributed by atoms with van der Waals surface area (Å²) < 4.78 is 1.92. The molecule has 1 unspecified atom stereocenters. The maximum atomic E-state index is 12.3. The van der Waals surface area contributed by atoms with Crippen LogP contribution in [0.2, 0.25) is 0 Å². The van der Waals surface area contributed by atoms with Gasteiger partial charge >= 0.3 is 0 Å². The first-order chi connectivity index (χ1) is 7.43. The second kappa shape index (κ2) is 6.22. The van der Waals surface area contributed by atoms with Gasteiger partial charge in [0.2, 0.25) is 5.91 Å². The molecule has 94 valence electrons. The van der Waals surface area contributed by atoms with Crippen LogP contribution in [0.4, 0.5) is 0 Å². The van der Waals surface area contributed by atoms with Crippen molar-refractivity contribution in [3.05, 3.63) is 0 Å². The largest absolute Gasteiger partial charge is 0.285 e. The quantitative estimate of drug-likeness (QED) is 0.480. The van der Waals surface area contributed by atoms with Crippen molar-refractivity contribution in [3.63, 3.8) is 0 Å². The van der Waals surface area contributed by atoms with E-state index in [0.29, 0.717) is 5.91 Å². The highest BCUT2D eigenvalue weighted by molar-refractivity contribution is 14.1. The molecule has 0 saturated carbocycles. The fourth-order valence-corrected chi connectivity index (χ4v) is 3.01. The van der Waals surface area contributed by atoms with E-state index in [1.54, 1.807) is 0 Å². The molecule has 1 heterocycles. The van der Waals surface area contributed by atoms with E-state index in [1.807, 2.05) is 3.11 Å². The van der Waals surface area contributed by atoms with Crippen LogP contribution in [0, 0.1) is 11.3 Å². The van der Waals surface area contributed by atoms with Gasteiger partial charge in [0.15, 0.2) is 0 Å². The Hall–Kier alpha value is 0.200. The zero-order chi connectivity index (χ0) is 12.2. The highest BCUT2D eigenvalue weighted by Gasteiger charge is 2.33. The fourth-order valence-electron chi connectivity index (χ4n) is 2.34. The van der Waals surface area contributed by atoms with Crippen LogP contribution in [0.15, 0.2) is 0 Å². The molecule has 1 atom stereocenters. The molecular weight excluding hydrogens is 313 g/mol. The van der Waals surface area contributed by atoms with Crippen LogP contribution in [0.3, 0.4) is 0 Å². The van der Waals surface area contributed by atoms with Crippen LogP contribution in [-0.2, 0) is 4.79 Å². The van der Waals surface area contributed by atoms with Gasteiger partial charge in [-0.15, -0.1) is 0 Å². The predicted octanol–water partition coefficient (Wildman–Crippen LogP) is 4.18. The van der Waals surface area contributed by atoms with Crippen LogP contribution < -0.4 is 0 Å². The third kappa shape index (κ3) is 4.22. The summed E-state index contributed by atoms with van der Waals surface area (Å²) in [6.45, 7) is 7.48. The van der Waals surface area contributed by atoms with E-state index in [0.717, 1.165) is 19.4 Å². The van der Waals surface area contributed by atoms with E-state index >= 15 is 0 Å². The highest BCUT2D eigenvalue weighted by Crippen LogP contribution is 2.33. The third-order valence-corrected chi connectivity index (χ3v) is 4.39. The number of rotatable bonds is 0. The summed E-state index contributed by atoms with van der Waals surface area (Å²) in [4.78, 5) is 12.3. The van der Waals surface area contributed by atoms with Gasteiger partial charge in [0.05, 0.1) is 22.9 Å². The number of hydrogen-bond donors (Lipinski definition) is 0. The van der Waals surface area contributed by atoms with Crippen LogP contribution in [0.5, 0.6) is 0 Å². The molecule has 1 saturated heterocycles. The van der Waals surface area contributed by atoms with Gasteiger partial charge in [0, 0.05) is 12.5 Å². The molecule has 1 amide bonds. The Kier molecular flexibility index (Phi) is 5.54. The van der Waals surface area contributed by atoms with Crippen LogP contribution in [0.1, 0.15) is 59.3 Å². The maximum Gasteiger partial charge on any atom is 0.234 e. The van der Waals surface area contributed by atoms with Gasteiger partial charge in [-0.25, -0.2) is 0 Å². The summed E-state index contributed by atoms with van der Waals surface area (Å²) in [6.07, 6.45) is 7.31. The molecule has 0 bridgehead atoms. The molecule has 3 heteroatoms. The van der Waals surface area contributed by atoms with E-state index < -0.39 is 0 Å². The lowest BCUT2D eigenvalue weighted by Gasteiger charge is -2.32. The summed E-state index contributed by atoms with van der Waals surface area (Å²) in [6, 6.07) is 0. The average molecular weight is 337 g/mol. The molecule has 1 aliphatic heterocycles. The normalized spacial score (nSPS) is 25.6. The molecule has 1 rings (SSSR count). The van der Waals surface area contributed by atoms with Crippen LogP contribution in [0.25, 0.3) is 0 Å². The van der Waals surface area contributed by atoms with E-state index in [2.05, 4.69) is 43.6 Å². The topological polar surface area (TPSA) is 20.3 Å². The summed E-state index contributed by atoms with van der Waals surface area (Å²) >= 11 is 2.19. The predicted molar refractivity (Wildman–Crippen MR) is 76.4 cm³/mol. The number of carbonyl (C=O) groups excluding carboxylic acids is 1. The summed E-state index contributed by atoms with van der Waals surface area (Å²) in [7, 11) is 0. The van der Waals surface area contributed by atoms with Crippen molar-refractivity contribution in [2.75, 3.05) is 6.54 Å². The van der Waals surface area contributed by atoms with Crippen molar-refractivity contribution < 1.29 is 4.79 Å². The first-order valence-corrected chi connectivity index (χ1v) is 7.36. The van der Waals surface area contributed by atoms with Crippen LogP contribution in [-0.4, -0.2) is 15.6 Å². The average Bonchev–Trinajstić information content (AvgIpc) is 2.18. The Morgan fingerprint density at radius 2 is 1.69 bits per heavy atom. The number of halogens is 1. The smallest absolute Gasteiger partial charge is 0.234 e. The molecule has 16 heavy (non-hydrogen) atoms. The van der Waals surface area contributed by atoms with Crippen molar-refractivity contribution >= 4 is 28.8 Å². The zero-order valence-corrected chi connectivity index (χ0v) is 12.9. The van der Waals surface area contributed by atoms with Gasteiger partial charge in [-0.2, -0.15) is 0 Å². The van der Waals surface area contributed by atoms with Gasteiger partial charge in [-0.3, -0.25) is 7.91 Å². The number of nitrogens with zero attached hydrogens (tertiary/aromatic N) is 1. The maximum absolute atomic E-state index is 12.3. The summed E-state index contributed by atoms with van der Waals surface area (Å²) in [5.74, 6) is 0.539. The monoisotopic (exact) mass is 337 g/mol. The van der Waals surface area contributed by atoms with Gasteiger partial charge in [0.1, 0.15) is 0 Å². The minimum atomic E-state index is 0.0969. The van der Waals surface area contributed by atoms with Crippen molar-refractivity contribution in [1.29, 1.82) is 0 Å². The first kappa shape index (κ1) is 14.3. The molecular formula is C13H24INO. The standard InChI is InChI=1S/C13H24INO/c1-13(2,3)11-9-7-5-4-6-8-10-15(14)12(11)16/h11H,4-10H2,1-3H3. The number of hydrogen-bond acceptors (Lipinski definition) is 1. The lowest BCUT2D eigenvalue weighted by molar-refractivity contribution is -0.133. The van der Waals surface area contributed by atoms with E-state index in [4.69, 9.17) is 0 Å². The van der Waals surface area contributed by atoms with Gasteiger partial charge in [-0.05, 0) is 18.3 Å². The molecule has 0 aromatic rings. The molecule has 0 spiro atoms. The number of amides is 1. The Bertz CT molecular complexity index is 235. The van der Waals surface area contributed by atoms with Gasteiger partial charge < -0.3 is 0 Å². The summed E-state index contributed by atoms with van der Waals surface area (Å²) in [5, 5.41) is 0. The molecule has 0 aromatic heterocycles. The molecule has 2 nitrogen and oxygen atoms in total. The molecule has 0 N–H and O–H groups in total. The van der Waals surface area contributed by atoms with Crippen molar-refractivity contribution in [3.8, 4) is 0 Å². The van der Waals surface area contributed by atoms with Crippen LogP contribution >= 0.6 is 22.9 Å².